The van der Waals surface area contributed by atoms with E-state index < -0.39 is 0 Å². The van der Waals surface area contributed by atoms with Crippen LogP contribution in [0.4, 0.5) is 0 Å². The fraction of sp³-hybridized carbons (Fsp3) is 0.133. The zero-order valence-corrected chi connectivity index (χ0v) is 11.8. The summed E-state index contributed by atoms with van der Waals surface area (Å²) >= 11 is 0. The Bertz CT molecular complexity index is 925. The van der Waals surface area contributed by atoms with Crippen molar-refractivity contribution in [1.82, 2.24) is 30.1 Å². The van der Waals surface area contributed by atoms with E-state index in [0.29, 0.717) is 17.3 Å². The van der Waals surface area contributed by atoms with Crippen LogP contribution in [0.25, 0.3) is 33.9 Å². The molecule has 0 bridgehead atoms. The van der Waals surface area contributed by atoms with E-state index in [1.165, 1.54) is 0 Å². The minimum Gasteiger partial charge on any atom is -0.345 e. The number of H-pyrrole nitrogens is 1. The summed E-state index contributed by atoms with van der Waals surface area (Å²) in [5.74, 6) is 1.71. The Kier molecular flexibility index (Phi) is 2.89. The second kappa shape index (κ2) is 5.03. The first kappa shape index (κ1) is 12.6. The number of fused-ring (bicyclic) bond motifs is 1. The van der Waals surface area contributed by atoms with Crippen LogP contribution in [0.5, 0.6) is 0 Å². The van der Waals surface area contributed by atoms with Gasteiger partial charge in [0.1, 0.15) is 5.82 Å². The molecule has 1 N–H and O–H groups in total. The van der Waals surface area contributed by atoms with Crippen LogP contribution >= 0.6 is 0 Å². The molecule has 0 radical (unpaired) electrons. The van der Waals surface area contributed by atoms with E-state index >= 15 is 0 Å². The van der Waals surface area contributed by atoms with Gasteiger partial charge < -0.3 is 9.51 Å². The van der Waals surface area contributed by atoms with E-state index in [1.807, 2.05) is 25.1 Å². The number of rotatable bonds is 3. The Hall–Kier alpha value is -3.09. The van der Waals surface area contributed by atoms with E-state index in [9.17, 15) is 0 Å². The molecule has 0 amide bonds. The number of aromatic nitrogens is 6. The summed E-state index contributed by atoms with van der Waals surface area (Å²) in [6.45, 7) is 2.01. The van der Waals surface area contributed by atoms with Crippen LogP contribution in [0.15, 0.2) is 41.4 Å². The molecule has 0 fully saturated rings. The molecule has 0 aliphatic rings. The summed E-state index contributed by atoms with van der Waals surface area (Å²) in [7, 11) is 0. The standard InChI is InChI=1S/C15H12N6O/c1-2-13-16-6-10(7-17-13)15-20-14(21-22-15)9-3-4-11-12(5-9)19-8-18-11/h3-8H,2H2,1H3,(H,18,19). The number of aromatic amines is 1. The summed E-state index contributed by atoms with van der Waals surface area (Å²) < 4.78 is 5.31. The number of hydrogen-bond donors (Lipinski definition) is 1. The Morgan fingerprint density at radius 3 is 2.77 bits per heavy atom. The molecule has 0 aliphatic heterocycles. The highest BCUT2D eigenvalue weighted by Gasteiger charge is 2.12. The molecule has 3 aromatic heterocycles. The second-order valence-corrected chi connectivity index (χ2v) is 4.80. The molecule has 108 valence electrons. The summed E-state index contributed by atoms with van der Waals surface area (Å²) in [5, 5.41) is 4.02. The average molecular weight is 292 g/mol. The number of aryl methyl sites for hydroxylation is 1. The van der Waals surface area contributed by atoms with Gasteiger partial charge in [-0.1, -0.05) is 12.1 Å². The Labute approximate surface area is 125 Å². The molecule has 3 heterocycles. The van der Waals surface area contributed by atoms with Gasteiger partial charge in [0.25, 0.3) is 5.89 Å². The van der Waals surface area contributed by atoms with Crippen molar-refractivity contribution in [1.29, 1.82) is 0 Å². The second-order valence-electron chi connectivity index (χ2n) is 4.80. The Morgan fingerprint density at radius 1 is 1.09 bits per heavy atom. The molecule has 4 rings (SSSR count). The van der Waals surface area contributed by atoms with Crippen LogP contribution in [-0.4, -0.2) is 30.1 Å². The first-order chi connectivity index (χ1) is 10.8. The van der Waals surface area contributed by atoms with Crippen LogP contribution in [-0.2, 0) is 6.42 Å². The van der Waals surface area contributed by atoms with Gasteiger partial charge in [-0.3, -0.25) is 0 Å². The average Bonchev–Trinajstić information content (AvgIpc) is 3.23. The molecular formula is C15H12N6O. The van der Waals surface area contributed by atoms with Gasteiger partial charge in [0, 0.05) is 24.4 Å². The van der Waals surface area contributed by atoms with Crippen LogP contribution < -0.4 is 0 Å². The SMILES string of the molecule is CCc1ncc(-c2nc(-c3ccc4nc[nH]c4c3)no2)cn1. The van der Waals surface area contributed by atoms with Crippen LogP contribution in [0.1, 0.15) is 12.7 Å². The van der Waals surface area contributed by atoms with Gasteiger partial charge in [0.15, 0.2) is 0 Å². The molecule has 0 saturated carbocycles. The fourth-order valence-electron chi connectivity index (χ4n) is 2.18. The lowest BCUT2D eigenvalue weighted by Crippen LogP contribution is -1.92. The molecule has 7 heteroatoms. The zero-order valence-electron chi connectivity index (χ0n) is 11.8. The molecule has 1 aromatic carbocycles. The maximum Gasteiger partial charge on any atom is 0.261 e. The lowest BCUT2D eigenvalue weighted by Gasteiger charge is -1.95. The van der Waals surface area contributed by atoms with Gasteiger partial charge in [0.05, 0.1) is 22.9 Å². The maximum atomic E-state index is 5.31. The fourth-order valence-corrected chi connectivity index (χ4v) is 2.18. The predicted octanol–water partition coefficient (Wildman–Crippen LogP) is 2.63. The normalized spacial score (nSPS) is 11.1. The van der Waals surface area contributed by atoms with Crippen molar-refractivity contribution in [2.45, 2.75) is 13.3 Å². The molecule has 0 spiro atoms. The zero-order chi connectivity index (χ0) is 14.9. The number of nitrogens with one attached hydrogen (secondary N) is 1. The third-order valence-electron chi connectivity index (χ3n) is 3.37. The lowest BCUT2D eigenvalue weighted by molar-refractivity contribution is 0.432. The van der Waals surface area contributed by atoms with E-state index in [-0.39, 0.29) is 0 Å². The smallest absolute Gasteiger partial charge is 0.261 e. The lowest BCUT2D eigenvalue weighted by atomic mass is 10.2. The van der Waals surface area contributed by atoms with Crippen molar-refractivity contribution in [3.8, 4) is 22.8 Å². The van der Waals surface area contributed by atoms with Crippen molar-refractivity contribution in [2.75, 3.05) is 0 Å². The van der Waals surface area contributed by atoms with Gasteiger partial charge in [-0.2, -0.15) is 4.98 Å². The van der Waals surface area contributed by atoms with Crippen molar-refractivity contribution in [3.05, 3.63) is 42.7 Å². The Balaban J connectivity index is 1.70. The third kappa shape index (κ3) is 2.12. The third-order valence-corrected chi connectivity index (χ3v) is 3.37. The van der Waals surface area contributed by atoms with E-state index in [4.69, 9.17) is 4.52 Å². The highest BCUT2D eigenvalue weighted by Crippen LogP contribution is 2.23. The minimum absolute atomic E-state index is 0.405. The molecule has 7 nitrogen and oxygen atoms in total. The first-order valence-corrected chi connectivity index (χ1v) is 6.92. The molecule has 22 heavy (non-hydrogen) atoms. The van der Waals surface area contributed by atoms with Crippen molar-refractivity contribution < 1.29 is 4.52 Å². The quantitative estimate of drug-likeness (QED) is 0.624. The van der Waals surface area contributed by atoms with Crippen molar-refractivity contribution in [2.24, 2.45) is 0 Å². The highest BCUT2D eigenvalue weighted by atomic mass is 16.5. The minimum atomic E-state index is 0.405. The predicted molar refractivity (Wildman–Crippen MR) is 79.8 cm³/mol. The van der Waals surface area contributed by atoms with Gasteiger partial charge in [0.2, 0.25) is 5.82 Å². The first-order valence-electron chi connectivity index (χ1n) is 6.92. The van der Waals surface area contributed by atoms with Crippen molar-refractivity contribution in [3.63, 3.8) is 0 Å². The van der Waals surface area contributed by atoms with Crippen molar-refractivity contribution >= 4 is 11.0 Å². The van der Waals surface area contributed by atoms with Crippen LogP contribution in [0.2, 0.25) is 0 Å². The molecule has 4 aromatic rings. The van der Waals surface area contributed by atoms with Crippen LogP contribution in [0.3, 0.4) is 0 Å². The van der Waals surface area contributed by atoms with E-state index in [0.717, 1.165) is 28.8 Å². The van der Waals surface area contributed by atoms with Gasteiger partial charge in [-0.15, -0.1) is 0 Å². The van der Waals surface area contributed by atoms with Gasteiger partial charge >= 0.3 is 0 Å². The van der Waals surface area contributed by atoms with E-state index in [1.54, 1.807) is 18.7 Å². The monoisotopic (exact) mass is 292 g/mol. The summed E-state index contributed by atoms with van der Waals surface area (Å²) in [6, 6.07) is 5.76. The number of benzene rings is 1. The summed E-state index contributed by atoms with van der Waals surface area (Å²) in [4.78, 5) is 20.1. The Morgan fingerprint density at radius 2 is 1.95 bits per heavy atom. The number of nitrogens with zero attached hydrogens (tertiary/aromatic N) is 5. The van der Waals surface area contributed by atoms with Gasteiger partial charge in [-0.25, -0.2) is 15.0 Å². The highest BCUT2D eigenvalue weighted by molar-refractivity contribution is 5.80. The molecule has 0 unspecified atom stereocenters. The molecular weight excluding hydrogens is 280 g/mol. The summed E-state index contributed by atoms with van der Waals surface area (Å²) in [6.07, 6.45) is 5.84. The van der Waals surface area contributed by atoms with E-state index in [2.05, 4.69) is 30.1 Å². The van der Waals surface area contributed by atoms with Crippen LogP contribution in [0, 0.1) is 0 Å². The van der Waals surface area contributed by atoms with Gasteiger partial charge in [-0.05, 0) is 18.2 Å². The molecule has 0 saturated heterocycles. The summed E-state index contributed by atoms with van der Waals surface area (Å²) in [5.41, 5.74) is 3.40. The largest absolute Gasteiger partial charge is 0.345 e. The number of hydrogen-bond acceptors (Lipinski definition) is 6. The number of imidazole rings is 1. The maximum absolute atomic E-state index is 5.31. The topological polar surface area (TPSA) is 93.4 Å². The molecule has 0 aliphatic carbocycles. The molecule has 0 atom stereocenters.